The summed E-state index contributed by atoms with van der Waals surface area (Å²) in [5, 5.41) is 19.4. The molecule has 1 aliphatic rings. The van der Waals surface area contributed by atoms with Crippen molar-refractivity contribution in [3.05, 3.63) is 59.5 Å². The van der Waals surface area contributed by atoms with Crippen LogP contribution in [0.4, 0.5) is 5.82 Å². The summed E-state index contributed by atoms with van der Waals surface area (Å²) in [6.45, 7) is 3.16. The van der Waals surface area contributed by atoms with Gasteiger partial charge in [-0.1, -0.05) is 25.8 Å². The van der Waals surface area contributed by atoms with Gasteiger partial charge in [0.15, 0.2) is 5.65 Å². The van der Waals surface area contributed by atoms with Crippen molar-refractivity contribution in [3.8, 4) is 0 Å². The van der Waals surface area contributed by atoms with Crippen molar-refractivity contribution in [1.29, 1.82) is 0 Å². The lowest BCUT2D eigenvalue weighted by atomic mass is 9.77. The van der Waals surface area contributed by atoms with Gasteiger partial charge in [0.05, 0.1) is 6.20 Å². The Morgan fingerprint density at radius 1 is 1.12 bits per heavy atom. The molecule has 0 spiro atoms. The van der Waals surface area contributed by atoms with E-state index in [1.807, 2.05) is 10.7 Å². The number of aliphatic hydroxyl groups excluding tert-OH is 1. The second-order valence-corrected chi connectivity index (χ2v) is 9.26. The van der Waals surface area contributed by atoms with Crippen molar-refractivity contribution in [2.45, 2.75) is 52.0 Å². The van der Waals surface area contributed by atoms with Gasteiger partial charge in [-0.15, -0.1) is 0 Å². The molecule has 2 N–H and O–H groups in total. The Hall–Kier alpha value is -2.86. The minimum atomic E-state index is 0.285. The second kappa shape index (κ2) is 8.94. The van der Waals surface area contributed by atoms with E-state index in [9.17, 15) is 5.11 Å². The number of nitrogens with one attached hydrogen (secondary N) is 1. The molecule has 0 saturated heterocycles. The number of benzene rings is 1. The molecule has 4 aromatic rings. The Kier molecular flexibility index (Phi) is 5.87. The number of nitrogens with zero attached hydrogens (tertiary/aromatic N) is 4. The molecule has 1 aliphatic carbocycles. The number of fused-ring (bicyclic) bond motifs is 2. The summed E-state index contributed by atoms with van der Waals surface area (Å²) in [6.07, 6.45) is 10.7. The molecule has 6 nitrogen and oxygen atoms in total. The fourth-order valence-corrected chi connectivity index (χ4v) is 5.23. The molecule has 32 heavy (non-hydrogen) atoms. The zero-order valence-electron chi connectivity index (χ0n) is 19.1. The van der Waals surface area contributed by atoms with Gasteiger partial charge >= 0.3 is 0 Å². The minimum absolute atomic E-state index is 0.285. The Morgan fingerprint density at radius 2 is 1.97 bits per heavy atom. The van der Waals surface area contributed by atoms with Gasteiger partial charge in [-0.25, -0.2) is 4.98 Å². The van der Waals surface area contributed by atoms with E-state index in [1.165, 1.54) is 41.3 Å². The van der Waals surface area contributed by atoms with E-state index in [1.54, 1.807) is 0 Å². The summed E-state index contributed by atoms with van der Waals surface area (Å²) in [5.74, 6) is 1.88. The number of aliphatic hydroxyl groups is 1. The van der Waals surface area contributed by atoms with E-state index in [0.29, 0.717) is 11.8 Å². The first-order chi connectivity index (χ1) is 15.7. The van der Waals surface area contributed by atoms with Gasteiger partial charge in [-0.3, -0.25) is 0 Å². The third-order valence-electron chi connectivity index (χ3n) is 7.17. The Bertz CT molecular complexity index is 1220. The molecule has 1 saturated carbocycles. The lowest BCUT2D eigenvalue weighted by Crippen LogP contribution is -2.25. The van der Waals surface area contributed by atoms with E-state index in [0.717, 1.165) is 43.0 Å². The number of aromatic nitrogens is 4. The number of hydrogen-bond donors (Lipinski definition) is 2. The SMILES string of the molecule is CCc1cnn2c(NCc3ccc4c(ccn4C)c3)cc(C[C@H]3CCCC[C@H]3CO)nc12. The summed E-state index contributed by atoms with van der Waals surface area (Å²) in [4.78, 5) is 5.00. The zero-order chi connectivity index (χ0) is 22.1. The molecule has 1 aromatic carbocycles. The third kappa shape index (κ3) is 3.99. The molecule has 168 valence electrons. The smallest absolute Gasteiger partial charge is 0.160 e. The van der Waals surface area contributed by atoms with Crippen LogP contribution in [0.25, 0.3) is 16.6 Å². The van der Waals surface area contributed by atoms with Crippen molar-refractivity contribution in [2.24, 2.45) is 18.9 Å². The predicted molar refractivity (Wildman–Crippen MR) is 129 cm³/mol. The van der Waals surface area contributed by atoms with Crippen LogP contribution in [-0.2, 0) is 26.4 Å². The van der Waals surface area contributed by atoms with Crippen molar-refractivity contribution in [3.63, 3.8) is 0 Å². The summed E-state index contributed by atoms with van der Waals surface area (Å²) in [7, 11) is 2.08. The van der Waals surface area contributed by atoms with Crippen LogP contribution < -0.4 is 5.32 Å². The first-order valence-electron chi connectivity index (χ1n) is 11.9. The van der Waals surface area contributed by atoms with Gasteiger partial charge in [0.25, 0.3) is 0 Å². The lowest BCUT2D eigenvalue weighted by molar-refractivity contribution is 0.134. The average Bonchev–Trinajstić information content (AvgIpc) is 3.41. The maximum Gasteiger partial charge on any atom is 0.160 e. The van der Waals surface area contributed by atoms with Crippen LogP contribution in [0.1, 0.15) is 49.4 Å². The fourth-order valence-electron chi connectivity index (χ4n) is 5.23. The van der Waals surface area contributed by atoms with Crippen LogP contribution in [0, 0.1) is 11.8 Å². The molecule has 0 unspecified atom stereocenters. The first kappa shape index (κ1) is 21.0. The van der Waals surface area contributed by atoms with Gasteiger partial charge in [-0.05, 0) is 66.7 Å². The van der Waals surface area contributed by atoms with Crippen LogP contribution in [0.5, 0.6) is 0 Å². The van der Waals surface area contributed by atoms with E-state index >= 15 is 0 Å². The highest BCUT2D eigenvalue weighted by atomic mass is 16.3. The Balaban J connectivity index is 1.43. The zero-order valence-corrected chi connectivity index (χ0v) is 19.1. The van der Waals surface area contributed by atoms with Gasteiger partial charge < -0.3 is 15.0 Å². The quantitative estimate of drug-likeness (QED) is 0.444. The van der Waals surface area contributed by atoms with E-state index in [4.69, 9.17) is 4.98 Å². The summed E-state index contributed by atoms with van der Waals surface area (Å²) >= 11 is 0. The summed E-state index contributed by atoms with van der Waals surface area (Å²) in [5.41, 5.74) is 5.70. The number of rotatable bonds is 7. The molecule has 3 aromatic heterocycles. The van der Waals surface area contributed by atoms with Crippen LogP contribution in [-0.4, -0.2) is 30.9 Å². The van der Waals surface area contributed by atoms with Crippen LogP contribution >= 0.6 is 0 Å². The summed E-state index contributed by atoms with van der Waals surface area (Å²) < 4.78 is 4.08. The predicted octanol–water partition coefficient (Wildman–Crippen LogP) is 4.74. The van der Waals surface area contributed by atoms with Crippen molar-refractivity contribution >= 4 is 22.4 Å². The Morgan fingerprint density at radius 3 is 2.78 bits per heavy atom. The molecular weight excluding hydrogens is 398 g/mol. The maximum absolute atomic E-state index is 9.85. The number of anilines is 1. The first-order valence-corrected chi connectivity index (χ1v) is 11.9. The number of aryl methyl sites for hydroxylation is 2. The lowest BCUT2D eigenvalue weighted by Gasteiger charge is -2.30. The van der Waals surface area contributed by atoms with Crippen LogP contribution in [0.15, 0.2) is 42.7 Å². The molecule has 3 heterocycles. The summed E-state index contributed by atoms with van der Waals surface area (Å²) in [6, 6.07) is 10.9. The average molecular weight is 432 g/mol. The molecule has 1 fully saturated rings. The molecule has 5 rings (SSSR count). The molecule has 0 radical (unpaired) electrons. The Labute approximate surface area is 189 Å². The minimum Gasteiger partial charge on any atom is -0.396 e. The van der Waals surface area contributed by atoms with Crippen molar-refractivity contribution in [2.75, 3.05) is 11.9 Å². The van der Waals surface area contributed by atoms with Gasteiger partial charge in [0.2, 0.25) is 0 Å². The normalized spacial score (nSPS) is 19.1. The maximum atomic E-state index is 9.85. The van der Waals surface area contributed by atoms with Gasteiger partial charge in [0.1, 0.15) is 5.82 Å². The molecule has 0 aliphatic heterocycles. The van der Waals surface area contributed by atoms with E-state index < -0.39 is 0 Å². The molecular formula is C26H33N5O. The van der Waals surface area contributed by atoms with Crippen LogP contribution in [0.3, 0.4) is 0 Å². The van der Waals surface area contributed by atoms with Crippen LogP contribution in [0.2, 0.25) is 0 Å². The largest absolute Gasteiger partial charge is 0.396 e. The fraction of sp³-hybridized carbons (Fsp3) is 0.462. The van der Waals surface area contributed by atoms with Gasteiger partial charge in [0, 0.05) is 49.2 Å². The molecule has 6 heteroatoms. The molecule has 0 amide bonds. The molecule has 2 atom stereocenters. The van der Waals surface area contributed by atoms with Crippen molar-refractivity contribution < 1.29 is 5.11 Å². The third-order valence-corrected chi connectivity index (χ3v) is 7.17. The van der Waals surface area contributed by atoms with E-state index in [2.05, 4.69) is 65.5 Å². The standard InChI is InChI=1S/C26H33N5O/c1-3-19-16-28-31-25(27-15-18-8-9-24-21(12-18)10-11-30(24)2)14-23(29-26(19)31)13-20-6-4-5-7-22(20)17-32/h8-12,14,16,20,22,27,32H,3-7,13,15,17H2,1-2H3/t20-,22+/m1/s1. The molecule has 0 bridgehead atoms. The highest BCUT2D eigenvalue weighted by Gasteiger charge is 2.25. The monoisotopic (exact) mass is 431 g/mol. The highest BCUT2D eigenvalue weighted by molar-refractivity contribution is 5.80. The van der Waals surface area contributed by atoms with E-state index in [-0.39, 0.29) is 6.61 Å². The number of hydrogen-bond acceptors (Lipinski definition) is 4. The topological polar surface area (TPSA) is 67.4 Å². The van der Waals surface area contributed by atoms with Gasteiger partial charge in [-0.2, -0.15) is 9.61 Å². The highest BCUT2D eigenvalue weighted by Crippen LogP contribution is 2.32. The van der Waals surface area contributed by atoms with Crippen molar-refractivity contribution in [1.82, 2.24) is 19.2 Å². The second-order valence-electron chi connectivity index (χ2n) is 9.26.